The molecule has 1 aromatic rings. The first-order chi connectivity index (χ1) is 10.4. The maximum absolute atomic E-state index is 11.8. The molecule has 0 bridgehead atoms. The third-order valence-corrected chi connectivity index (χ3v) is 4.79. The van der Waals surface area contributed by atoms with Gasteiger partial charge in [0.25, 0.3) is 5.56 Å². The second-order valence-electron chi connectivity index (χ2n) is 4.63. The summed E-state index contributed by atoms with van der Waals surface area (Å²) >= 11 is 3.02. The maximum Gasteiger partial charge on any atom is 0.267 e. The number of aromatic amines is 1. The summed E-state index contributed by atoms with van der Waals surface area (Å²) in [7, 11) is 0. The molecular weight excluding hydrogens is 429 g/mol. The third kappa shape index (κ3) is 3.55. The molecule has 5 atom stereocenters. The average Bonchev–Trinajstić information content (AvgIpc) is 2.51. The number of aliphatic hydroxyl groups excluding tert-OH is 4. The lowest BCUT2D eigenvalue weighted by Gasteiger charge is -2.40. The van der Waals surface area contributed by atoms with Gasteiger partial charge in [0.2, 0.25) is 0 Å². The predicted octanol–water partition coefficient (Wildman–Crippen LogP) is -1.69. The Bertz CT molecular complexity index is 585. The van der Waals surface area contributed by atoms with E-state index in [0.717, 1.165) is 0 Å². The van der Waals surface area contributed by atoms with E-state index >= 15 is 0 Å². The number of rotatable bonds is 4. The number of hydrogen-bond donors (Lipinski definition) is 6. The molecule has 1 saturated heterocycles. The maximum atomic E-state index is 11.8. The topological polar surface area (TPSA) is 148 Å². The summed E-state index contributed by atoms with van der Waals surface area (Å²) in [5.41, 5.74) is -0.355. The summed E-state index contributed by atoms with van der Waals surface area (Å²) in [6, 6.07) is 0. The molecule has 11 heteroatoms. The highest BCUT2D eigenvalue weighted by Gasteiger charge is 2.43. The van der Waals surface area contributed by atoms with E-state index < -0.39 is 37.3 Å². The van der Waals surface area contributed by atoms with Crippen molar-refractivity contribution in [3.63, 3.8) is 0 Å². The monoisotopic (exact) mass is 445 g/mol. The van der Waals surface area contributed by atoms with Crippen molar-refractivity contribution in [3.8, 4) is 0 Å². The molecule has 0 unspecified atom stereocenters. The van der Waals surface area contributed by atoms with Gasteiger partial charge in [-0.1, -0.05) is 11.8 Å². The molecule has 1 aliphatic heterocycles. The summed E-state index contributed by atoms with van der Waals surface area (Å²) in [4.78, 5) is 18.5. The Kier molecular flexibility index (Phi) is 6.04. The van der Waals surface area contributed by atoms with E-state index in [1.165, 1.54) is 11.8 Å². The fourth-order valence-corrected chi connectivity index (χ4v) is 2.77. The summed E-state index contributed by atoms with van der Waals surface area (Å²) in [6.45, 7) is -0.529. The Morgan fingerprint density at radius 1 is 1.36 bits per heavy atom. The van der Waals surface area contributed by atoms with Crippen LogP contribution < -0.4 is 10.9 Å². The quantitative estimate of drug-likeness (QED) is 0.181. The van der Waals surface area contributed by atoms with Crippen LogP contribution in [0.5, 0.6) is 0 Å². The van der Waals surface area contributed by atoms with Gasteiger partial charge >= 0.3 is 0 Å². The van der Waals surface area contributed by atoms with Gasteiger partial charge < -0.3 is 35.5 Å². The normalized spacial score (nSPS) is 32.0. The first-order valence-corrected chi connectivity index (χ1v) is 8.60. The molecule has 2 rings (SSSR count). The van der Waals surface area contributed by atoms with E-state index in [-0.39, 0.29) is 14.9 Å². The molecule has 22 heavy (non-hydrogen) atoms. The highest BCUT2D eigenvalue weighted by atomic mass is 127. The number of nitrogens with one attached hydrogen (secondary N) is 2. The van der Waals surface area contributed by atoms with Crippen molar-refractivity contribution < 1.29 is 25.2 Å². The summed E-state index contributed by atoms with van der Waals surface area (Å²) in [6.07, 6.45) is -4.81. The number of halogens is 1. The molecule has 0 aromatic carbocycles. The van der Waals surface area contributed by atoms with Crippen LogP contribution in [0.15, 0.2) is 9.95 Å². The zero-order valence-electron chi connectivity index (χ0n) is 11.4. The molecule has 0 aliphatic carbocycles. The van der Waals surface area contributed by atoms with Gasteiger partial charge in [-0.3, -0.25) is 4.79 Å². The van der Waals surface area contributed by atoms with Crippen LogP contribution in [-0.2, 0) is 4.74 Å². The Morgan fingerprint density at radius 3 is 2.64 bits per heavy atom. The SMILES string of the molecule is CSc1nc(N[C@H]2O[C@@H](CO)[C@@H](O)[C@@H](O)[C@@H]2O)c(I)c(=O)[nH]1. The van der Waals surface area contributed by atoms with Gasteiger partial charge in [-0.15, -0.1) is 0 Å². The Balaban J connectivity index is 2.26. The fourth-order valence-electron chi connectivity index (χ4n) is 1.99. The highest BCUT2D eigenvalue weighted by molar-refractivity contribution is 14.1. The van der Waals surface area contributed by atoms with Crippen LogP contribution in [0.1, 0.15) is 0 Å². The molecule has 0 radical (unpaired) electrons. The van der Waals surface area contributed by atoms with Crippen molar-refractivity contribution >= 4 is 40.2 Å². The molecule has 1 aliphatic rings. The smallest absolute Gasteiger partial charge is 0.267 e. The molecule has 124 valence electrons. The number of aromatic nitrogens is 2. The standard InChI is InChI=1S/C11H16IN3O6S/c1-22-11-14-8(4(12)9(20)15-11)13-10-7(19)6(18)5(17)3(2-16)21-10/h3,5-7,10,16-19H,2H2,1H3,(H2,13,14,15,20)/t3-,5+,6+,7-,10-/m0/s1. The van der Waals surface area contributed by atoms with Crippen molar-refractivity contribution in [2.45, 2.75) is 35.8 Å². The van der Waals surface area contributed by atoms with Gasteiger partial charge in [0, 0.05) is 0 Å². The van der Waals surface area contributed by atoms with Crippen molar-refractivity contribution in [2.24, 2.45) is 0 Å². The van der Waals surface area contributed by atoms with E-state index in [9.17, 15) is 20.1 Å². The summed E-state index contributed by atoms with van der Waals surface area (Å²) in [5.74, 6) is 0.179. The van der Waals surface area contributed by atoms with Gasteiger partial charge in [-0.05, 0) is 28.8 Å². The van der Waals surface area contributed by atoms with Crippen molar-refractivity contribution in [1.29, 1.82) is 0 Å². The number of nitrogens with zero attached hydrogens (tertiary/aromatic N) is 1. The number of H-pyrrole nitrogens is 1. The molecule has 1 fully saturated rings. The fraction of sp³-hybridized carbons (Fsp3) is 0.636. The average molecular weight is 445 g/mol. The van der Waals surface area contributed by atoms with Crippen LogP contribution in [0.3, 0.4) is 0 Å². The molecule has 2 heterocycles. The van der Waals surface area contributed by atoms with Crippen molar-refractivity contribution in [1.82, 2.24) is 9.97 Å². The van der Waals surface area contributed by atoms with Crippen LogP contribution in [0, 0.1) is 3.57 Å². The third-order valence-electron chi connectivity index (χ3n) is 3.21. The Morgan fingerprint density at radius 2 is 2.05 bits per heavy atom. The predicted molar refractivity (Wildman–Crippen MR) is 86.7 cm³/mol. The largest absolute Gasteiger partial charge is 0.394 e. The van der Waals surface area contributed by atoms with Crippen LogP contribution >= 0.6 is 34.4 Å². The first-order valence-electron chi connectivity index (χ1n) is 6.30. The van der Waals surface area contributed by atoms with E-state index in [1.54, 1.807) is 28.8 Å². The van der Waals surface area contributed by atoms with Crippen LogP contribution in [0.2, 0.25) is 0 Å². The first kappa shape index (κ1) is 17.9. The zero-order chi connectivity index (χ0) is 16.4. The highest BCUT2D eigenvalue weighted by Crippen LogP contribution is 2.24. The second-order valence-corrected chi connectivity index (χ2v) is 6.51. The van der Waals surface area contributed by atoms with Gasteiger partial charge in [0.1, 0.15) is 33.8 Å². The minimum atomic E-state index is -1.50. The number of aliphatic hydroxyl groups is 4. The Labute approximate surface area is 143 Å². The minimum absolute atomic E-state index is 0.179. The molecule has 6 N–H and O–H groups in total. The van der Waals surface area contributed by atoms with E-state index in [4.69, 9.17) is 9.84 Å². The zero-order valence-corrected chi connectivity index (χ0v) is 14.4. The van der Waals surface area contributed by atoms with Gasteiger partial charge in [0.05, 0.1) is 6.61 Å². The molecule has 0 amide bonds. The number of hydrogen-bond acceptors (Lipinski definition) is 9. The van der Waals surface area contributed by atoms with Crippen molar-refractivity contribution in [3.05, 3.63) is 13.9 Å². The van der Waals surface area contributed by atoms with Gasteiger partial charge in [0.15, 0.2) is 11.4 Å². The minimum Gasteiger partial charge on any atom is -0.394 e. The summed E-state index contributed by atoms with van der Waals surface area (Å²) in [5, 5.41) is 41.7. The lowest BCUT2D eigenvalue weighted by molar-refractivity contribution is -0.221. The molecule has 1 aromatic heterocycles. The molecule has 9 nitrogen and oxygen atoms in total. The van der Waals surface area contributed by atoms with Crippen LogP contribution in [0.4, 0.5) is 5.82 Å². The van der Waals surface area contributed by atoms with Gasteiger partial charge in [-0.25, -0.2) is 4.98 Å². The van der Waals surface area contributed by atoms with Crippen molar-refractivity contribution in [2.75, 3.05) is 18.2 Å². The lowest BCUT2D eigenvalue weighted by Crippen LogP contribution is -2.60. The molecule has 0 spiro atoms. The Hall–Kier alpha value is -0.440. The van der Waals surface area contributed by atoms with E-state index in [0.29, 0.717) is 5.16 Å². The summed E-state index contributed by atoms with van der Waals surface area (Å²) < 4.78 is 5.58. The number of anilines is 1. The number of thioether (sulfide) groups is 1. The van der Waals surface area contributed by atoms with Gasteiger partial charge in [-0.2, -0.15) is 0 Å². The van der Waals surface area contributed by atoms with Crippen LogP contribution in [0.25, 0.3) is 0 Å². The number of ether oxygens (including phenoxy) is 1. The van der Waals surface area contributed by atoms with Crippen LogP contribution in [-0.4, -0.2) is 73.9 Å². The molecule has 0 saturated carbocycles. The van der Waals surface area contributed by atoms with E-state index in [1.807, 2.05) is 0 Å². The van der Waals surface area contributed by atoms with E-state index in [2.05, 4.69) is 15.3 Å². The lowest BCUT2D eigenvalue weighted by atomic mass is 9.98. The molecular formula is C11H16IN3O6S. The second kappa shape index (κ2) is 7.42.